The molecule has 1 aliphatic carbocycles. The first kappa shape index (κ1) is 14.8. The van der Waals surface area contributed by atoms with E-state index < -0.39 is 0 Å². The van der Waals surface area contributed by atoms with E-state index in [0.717, 1.165) is 18.8 Å². The average molecular weight is 277 g/mol. The molecule has 1 aromatic carbocycles. The predicted molar refractivity (Wildman–Crippen MR) is 81.2 cm³/mol. The van der Waals surface area contributed by atoms with Crippen molar-refractivity contribution < 1.29 is 4.92 Å². The molecule has 5 nitrogen and oxygen atoms in total. The van der Waals surface area contributed by atoms with Crippen molar-refractivity contribution in [1.82, 2.24) is 4.90 Å². The molecule has 20 heavy (non-hydrogen) atoms. The van der Waals surface area contributed by atoms with Crippen LogP contribution in [0.15, 0.2) is 18.2 Å². The second-order valence-corrected chi connectivity index (χ2v) is 5.55. The van der Waals surface area contributed by atoms with Gasteiger partial charge >= 0.3 is 0 Å². The third-order valence-electron chi connectivity index (χ3n) is 4.23. The normalized spacial score (nSPS) is 15.8. The second kappa shape index (κ2) is 6.70. The van der Waals surface area contributed by atoms with Gasteiger partial charge in [-0.3, -0.25) is 10.1 Å². The summed E-state index contributed by atoms with van der Waals surface area (Å²) in [7, 11) is 2.16. The fourth-order valence-corrected chi connectivity index (χ4v) is 2.91. The van der Waals surface area contributed by atoms with E-state index in [-0.39, 0.29) is 10.6 Å². The fraction of sp³-hybridized carbons (Fsp3) is 0.600. The quantitative estimate of drug-likeness (QED) is 0.641. The lowest BCUT2D eigenvalue weighted by atomic mass is 10.1. The SMILES string of the molecule is Cc1c(NCCN(C)C2CCCC2)cccc1[N+](=O)[O-]. The number of hydrogen-bond acceptors (Lipinski definition) is 4. The zero-order valence-electron chi connectivity index (χ0n) is 12.3. The Kier molecular flexibility index (Phi) is 4.95. The number of anilines is 1. The van der Waals surface area contributed by atoms with E-state index >= 15 is 0 Å². The van der Waals surface area contributed by atoms with Crippen molar-refractivity contribution in [3.63, 3.8) is 0 Å². The van der Waals surface area contributed by atoms with Crippen LogP contribution in [0.3, 0.4) is 0 Å². The monoisotopic (exact) mass is 277 g/mol. The molecule has 0 bridgehead atoms. The molecule has 1 fully saturated rings. The van der Waals surface area contributed by atoms with E-state index in [4.69, 9.17) is 0 Å². The maximum Gasteiger partial charge on any atom is 0.274 e. The van der Waals surface area contributed by atoms with E-state index in [1.807, 2.05) is 6.07 Å². The Morgan fingerprint density at radius 3 is 2.75 bits per heavy atom. The molecule has 0 radical (unpaired) electrons. The molecule has 110 valence electrons. The number of nitro benzene ring substituents is 1. The summed E-state index contributed by atoms with van der Waals surface area (Å²) in [6.07, 6.45) is 5.28. The van der Waals surface area contributed by atoms with E-state index in [1.165, 1.54) is 25.7 Å². The van der Waals surface area contributed by atoms with Crippen LogP contribution in [-0.4, -0.2) is 36.0 Å². The van der Waals surface area contributed by atoms with Gasteiger partial charge in [-0.2, -0.15) is 0 Å². The zero-order chi connectivity index (χ0) is 14.5. The summed E-state index contributed by atoms with van der Waals surface area (Å²) in [5.74, 6) is 0. The number of benzene rings is 1. The Labute approximate surface area is 120 Å². The Morgan fingerprint density at radius 2 is 2.10 bits per heavy atom. The highest BCUT2D eigenvalue weighted by atomic mass is 16.6. The minimum atomic E-state index is -0.328. The molecule has 5 heteroatoms. The largest absolute Gasteiger partial charge is 0.383 e. The molecule has 0 heterocycles. The predicted octanol–water partition coefficient (Wildman–Crippen LogP) is 3.19. The van der Waals surface area contributed by atoms with E-state index in [0.29, 0.717) is 11.6 Å². The van der Waals surface area contributed by atoms with E-state index in [1.54, 1.807) is 19.1 Å². The van der Waals surface area contributed by atoms with Crippen LogP contribution >= 0.6 is 0 Å². The van der Waals surface area contributed by atoms with Crippen LogP contribution in [0.25, 0.3) is 0 Å². The van der Waals surface area contributed by atoms with Gasteiger partial charge in [0.15, 0.2) is 0 Å². The van der Waals surface area contributed by atoms with Gasteiger partial charge in [-0.05, 0) is 32.9 Å². The maximum atomic E-state index is 10.9. The van der Waals surface area contributed by atoms with Crippen molar-refractivity contribution in [3.8, 4) is 0 Å². The lowest BCUT2D eigenvalue weighted by Crippen LogP contribution is -2.33. The summed E-state index contributed by atoms with van der Waals surface area (Å²) in [5, 5.41) is 14.2. The molecule has 0 atom stereocenters. The van der Waals surface area contributed by atoms with Crippen molar-refractivity contribution in [2.24, 2.45) is 0 Å². The summed E-state index contributed by atoms with van der Waals surface area (Å²) in [5.41, 5.74) is 1.75. The molecule has 0 aromatic heterocycles. The van der Waals surface area contributed by atoms with Crippen LogP contribution < -0.4 is 5.32 Å². The van der Waals surface area contributed by atoms with Crippen molar-refractivity contribution in [2.45, 2.75) is 38.6 Å². The lowest BCUT2D eigenvalue weighted by Gasteiger charge is -2.24. The van der Waals surface area contributed by atoms with Gasteiger partial charge in [-0.1, -0.05) is 18.9 Å². The summed E-state index contributed by atoms with van der Waals surface area (Å²) in [6.45, 7) is 3.57. The van der Waals surface area contributed by atoms with Crippen LogP contribution in [-0.2, 0) is 0 Å². The highest BCUT2D eigenvalue weighted by Gasteiger charge is 2.19. The van der Waals surface area contributed by atoms with Gasteiger partial charge in [0.2, 0.25) is 0 Å². The zero-order valence-corrected chi connectivity index (χ0v) is 12.3. The van der Waals surface area contributed by atoms with Gasteiger partial charge in [0, 0.05) is 36.4 Å². The summed E-state index contributed by atoms with van der Waals surface area (Å²) in [6, 6.07) is 5.89. The molecular formula is C15H23N3O2. The Bertz CT molecular complexity index is 470. The van der Waals surface area contributed by atoms with Crippen LogP contribution in [0.2, 0.25) is 0 Å². The number of rotatable bonds is 6. The van der Waals surface area contributed by atoms with E-state index in [9.17, 15) is 10.1 Å². The van der Waals surface area contributed by atoms with Crippen molar-refractivity contribution in [2.75, 3.05) is 25.5 Å². The molecule has 0 aliphatic heterocycles. The molecule has 1 aromatic rings. The fourth-order valence-electron chi connectivity index (χ4n) is 2.91. The van der Waals surface area contributed by atoms with Gasteiger partial charge in [0.1, 0.15) is 0 Å². The molecule has 1 saturated carbocycles. The Hall–Kier alpha value is -1.62. The molecule has 1 aliphatic rings. The van der Waals surface area contributed by atoms with Crippen molar-refractivity contribution in [1.29, 1.82) is 0 Å². The molecule has 0 amide bonds. The van der Waals surface area contributed by atoms with Crippen molar-refractivity contribution in [3.05, 3.63) is 33.9 Å². The first-order valence-electron chi connectivity index (χ1n) is 7.27. The van der Waals surface area contributed by atoms with Gasteiger partial charge < -0.3 is 10.2 Å². The summed E-state index contributed by atoms with van der Waals surface area (Å²) < 4.78 is 0. The summed E-state index contributed by atoms with van der Waals surface area (Å²) >= 11 is 0. The molecule has 2 rings (SSSR count). The third kappa shape index (κ3) is 3.48. The Morgan fingerprint density at radius 1 is 1.40 bits per heavy atom. The molecule has 0 saturated heterocycles. The minimum absolute atomic E-state index is 0.180. The lowest BCUT2D eigenvalue weighted by molar-refractivity contribution is -0.385. The van der Waals surface area contributed by atoms with E-state index in [2.05, 4.69) is 17.3 Å². The smallest absolute Gasteiger partial charge is 0.274 e. The number of nitrogens with one attached hydrogen (secondary N) is 1. The van der Waals surface area contributed by atoms with Gasteiger partial charge in [0.05, 0.1) is 4.92 Å². The first-order valence-corrected chi connectivity index (χ1v) is 7.27. The van der Waals surface area contributed by atoms with Crippen LogP contribution in [0, 0.1) is 17.0 Å². The number of nitrogens with zero attached hydrogens (tertiary/aromatic N) is 2. The summed E-state index contributed by atoms with van der Waals surface area (Å²) in [4.78, 5) is 13.0. The number of likely N-dealkylation sites (N-methyl/N-ethyl adjacent to an activating group) is 1. The van der Waals surface area contributed by atoms with Gasteiger partial charge in [-0.15, -0.1) is 0 Å². The maximum absolute atomic E-state index is 10.9. The van der Waals surface area contributed by atoms with Crippen LogP contribution in [0.1, 0.15) is 31.2 Å². The molecule has 1 N–H and O–H groups in total. The first-order chi connectivity index (χ1) is 9.59. The third-order valence-corrected chi connectivity index (χ3v) is 4.23. The van der Waals surface area contributed by atoms with Gasteiger partial charge in [0.25, 0.3) is 5.69 Å². The van der Waals surface area contributed by atoms with Crippen molar-refractivity contribution >= 4 is 11.4 Å². The highest BCUT2D eigenvalue weighted by molar-refractivity contribution is 5.59. The second-order valence-electron chi connectivity index (χ2n) is 5.55. The topological polar surface area (TPSA) is 58.4 Å². The Balaban J connectivity index is 1.87. The minimum Gasteiger partial charge on any atom is -0.383 e. The molecular weight excluding hydrogens is 254 g/mol. The molecule has 0 unspecified atom stereocenters. The number of hydrogen-bond donors (Lipinski definition) is 1. The average Bonchev–Trinajstić information content (AvgIpc) is 2.94. The standard InChI is InChI=1S/C15H23N3O2/c1-12-14(8-5-9-15(12)18(19)20)16-10-11-17(2)13-6-3-4-7-13/h5,8-9,13,16H,3-4,6-7,10-11H2,1-2H3. The number of nitro groups is 1. The highest BCUT2D eigenvalue weighted by Crippen LogP contribution is 2.25. The van der Waals surface area contributed by atoms with Gasteiger partial charge in [-0.25, -0.2) is 0 Å². The van der Waals surface area contributed by atoms with Crippen LogP contribution in [0.4, 0.5) is 11.4 Å². The van der Waals surface area contributed by atoms with Crippen LogP contribution in [0.5, 0.6) is 0 Å². The molecule has 0 spiro atoms.